The maximum atomic E-state index is 12.9. The molecule has 1 saturated heterocycles. The van der Waals surface area contributed by atoms with Gasteiger partial charge in [-0.3, -0.25) is 9.20 Å². The number of benzene rings is 1. The van der Waals surface area contributed by atoms with E-state index in [9.17, 15) is 9.59 Å². The number of hydrogen-bond acceptors (Lipinski definition) is 5. The summed E-state index contributed by atoms with van der Waals surface area (Å²) in [4.78, 5) is 32.2. The zero-order valence-corrected chi connectivity index (χ0v) is 15.4. The van der Waals surface area contributed by atoms with Crippen LogP contribution in [0.3, 0.4) is 0 Å². The topological polar surface area (TPSA) is 63.9 Å². The van der Waals surface area contributed by atoms with Gasteiger partial charge >= 0.3 is 5.97 Å². The highest BCUT2D eigenvalue weighted by molar-refractivity contribution is 7.15. The molecule has 1 aromatic carbocycles. The van der Waals surface area contributed by atoms with Crippen LogP contribution in [0.4, 0.5) is 0 Å². The molecule has 0 unspecified atom stereocenters. The third kappa shape index (κ3) is 3.08. The van der Waals surface area contributed by atoms with Crippen molar-refractivity contribution in [1.29, 1.82) is 0 Å². The first-order chi connectivity index (χ1) is 12.6. The summed E-state index contributed by atoms with van der Waals surface area (Å²) in [6.07, 6.45) is 2.63. The van der Waals surface area contributed by atoms with Crippen LogP contribution in [0.2, 0.25) is 5.15 Å². The molecule has 0 radical (unpaired) electrons. The second-order valence-corrected chi connectivity index (χ2v) is 7.27. The molecule has 0 bridgehead atoms. The first-order valence-corrected chi connectivity index (χ1v) is 9.56. The molecule has 0 saturated carbocycles. The Morgan fingerprint density at radius 2 is 1.92 bits per heavy atom. The highest BCUT2D eigenvalue weighted by atomic mass is 35.5. The van der Waals surface area contributed by atoms with E-state index < -0.39 is 12.1 Å². The quantitative estimate of drug-likeness (QED) is 0.640. The summed E-state index contributed by atoms with van der Waals surface area (Å²) in [6, 6.07) is 9.05. The number of hydrogen-bond donors (Lipinski definition) is 0. The standard InChI is InChI=1S/C18H16ClN3O3S/c19-15-13(22-10-11-26-18(22)20-15)17(24)25-14(12-6-2-1-3-7-12)16(23)21-8-4-5-9-21/h1-3,6-7,10-11,14H,4-5,8-9H2/t14-/m0/s1. The summed E-state index contributed by atoms with van der Waals surface area (Å²) < 4.78 is 7.22. The highest BCUT2D eigenvalue weighted by Gasteiger charge is 2.33. The van der Waals surface area contributed by atoms with Crippen molar-refractivity contribution in [3.8, 4) is 0 Å². The molecule has 6 nitrogen and oxygen atoms in total. The minimum atomic E-state index is -0.998. The summed E-state index contributed by atoms with van der Waals surface area (Å²) in [6.45, 7) is 1.36. The van der Waals surface area contributed by atoms with E-state index in [2.05, 4.69) is 4.98 Å². The molecule has 2 aromatic heterocycles. The van der Waals surface area contributed by atoms with Crippen LogP contribution < -0.4 is 0 Å². The number of ether oxygens (including phenoxy) is 1. The first-order valence-electron chi connectivity index (χ1n) is 8.31. The molecule has 3 aromatic rings. The number of amides is 1. The van der Waals surface area contributed by atoms with Gasteiger partial charge in [0, 0.05) is 30.2 Å². The molecule has 1 atom stereocenters. The number of thiazole rings is 1. The van der Waals surface area contributed by atoms with Crippen LogP contribution in [-0.2, 0) is 9.53 Å². The van der Waals surface area contributed by atoms with Crippen molar-refractivity contribution in [3.63, 3.8) is 0 Å². The number of aromatic nitrogens is 2. The lowest BCUT2D eigenvalue weighted by atomic mass is 10.1. The number of rotatable bonds is 4. The van der Waals surface area contributed by atoms with E-state index in [1.807, 2.05) is 18.2 Å². The number of esters is 1. The summed E-state index contributed by atoms with van der Waals surface area (Å²) in [7, 11) is 0. The van der Waals surface area contributed by atoms with Gasteiger partial charge in [0.15, 0.2) is 15.8 Å². The molecule has 134 valence electrons. The number of nitrogens with zero attached hydrogens (tertiary/aromatic N) is 3. The van der Waals surface area contributed by atoms with Gasteiger partial charge in [0.05, 0.1) is 0 Å². The largest absolute Gasteiger partial charge is 0.443 e. The molecule has 8 heteroatoms. The summed E-state index contributed by atoms with van der Waals surface area (Å²) in [5.74, 6) is -0.869. The van der Waals surface area contributed by atoms with Gasteiger partial charge in [0.1, 0.15) is 0 Å². The number of fused-ring (bicyclic) bond motifs is 1. The summed E-state index contributed by atoms with van der Waals surface area (Å²) >= 11 is 7.48. The third-order valence-corrected chi connectivity index (χ3v) is 5.40. The fourth-order valence-electron chi connectivity index (χ4n) is 3.10. The number of halogens is 1. The Labute approximate surface area is 159 Å². The van der Waals surface area contributed by atoms with Crippen LogP contribution in [0.5, 0.6) is 0 Å². The lowest BCUT2D eigenvalue weighted by molar-refractivity contribution is -0.140. The maximum Gasteiger partial charge on any atom is 0.359 e. The molecule has 26 heavy (non-hydrogen) atoms. The predicted octanol–water partition coefficient (Wildman–Crippen LogP) is 3.57. The number of imidazole rings is 1. The van der Waals surface area contributed by atoms with Crippen LogP contribution in [-0.4, -0.2) is 39.3 Å². The van der Waals surface area contributed by atoms with E-state index >= 15 is 0 Å². The Morgan fingerprint density at radius 1 is 1.19 bits per heavy atom. The average Bonchev–Trinajstić information content (AvgIpc) is 3.37. The molecule has 0 aliphatic carbocycles. The van der Waals surface area contributed by atoms with Gasteiger partial charge in [-0.15, -0.1) is 11.3 Å². The van der Waals surface area contributed by atoms with E-state index in [0.29, 0.717) is 23.6 Å². The van der Waals surface area contributed by atoms with Crippen molar-refractivity contribution in [2.75, 3.05) is 13.1 Å². The van der Waals surface area contributed by atoms with Crippen molar-refractivity contribution < 1.29 is 14.3 Å². The van der Waals surface area contributed by atoms with Crippen LogP contribution in [0, 0.1) is 0 Å². The highest BCUT2D eigenvalue weighted by Crippen LogP contribution is 2.27. The van der Waals surface area contributed by atoms with E-state index in [1.165, 1.54) is 11.3 Å². The van der Waals surface area contributed by atoms with Crippen LogP contribution in [0.15, 0.2) is 41.9 Å². The SMILES string of the molecule is O=C(O[C@H](C(=O)N1CCCC1)c1ccccc1)c1c(Cl)nc2sccn12. The Kier molecular flexibility index (Phi) is 4.65. The molecular formula is C18H16ClN3O3S. The second kappa shape index (κ2) is 7.09. The first kappa shape index (κ1) is 17.1. The normalized spacial score (nSPS) is 15.3. The van der Waals surface area contributed by atoms with Gasteiger partial charge in [-0.05, 0) is 12.8 Å². The number of carbonyl (C=O) groups excluding carboxylic acids is 2. The Balaban J connectivity index is 1.66. The van der Waals surface area contributed by atoms with Crippen molar-refractivity contribution in [2.45, 2.75) is 18.9 Å². The molecule has 0 spiro atoms. The lowest BCUT2D eigenvalue weighted by Crippen LogP contribution is -2.35. The van der Waals surface area contributed by atoms with Crippen LogP contribution in [0.25, 0.3) is 4.96 Å². The van der Waals surface area contributed by atoms with Gasteiger partial charge in [-0.25, -0.2) is 9.78 Å². The van der Waals surface area contributed by atoms with Crippen LogP contribution >= 0.6 is 22.9 Å². The minimum absolute atomic E-state index is 0.0716. The molecule has 1 aliphatic rings. The Morgan fingerprint density at radius 3 is 2.65 bits per heavy atom. The molecule has 4 rings (SSSR count). The molecule has 1 aliphatic heterocycles. The average molecular weight is 390 g/mol. The van der Waals surface area contributed by atoms with E-state index in [1.54, 1.807) is 33.0 Å². The van der Waals surface area contributed by atoms with Crippen molar-refractivity contribution in [1.82, 2.24) is 14.3 Å². The van der Waals surface area contributed by atoms with Gasteiger partial charge in [0.25, 0.3) is 5.91 Å². The van der Waals surface area contributed by atoms with Gasteiger partial charge in [-0.2, -0.15) is 0 Å². The molecular weight excluding hydrogens is 374 g/mol. The zero-order chi connectivity index (χ0) is 18.1. The summed E-state index contributed by atoms with van der Waals surface area (Å²) in [5.41, 5.74) is 0.776. The second-order valence-electron chi connectivity index (χ2n) is 6.04. The fourth-order valence-corrected chi connectivity index (χ4v) is 4.11. The van der Waals surface area contributed by atoms with Gasteiger partial charge < -0.3 is 9.64 Å². The van der Waals surface area contributed by atoms with Crippen molar-refractivity contribution in [3.05, 3.63) is 58.3 Å². The molecule has 1 fully saturated rings. The van der Waals surface area contributed by atoms with Crippen LogP contribution in [0.1, 0.15) is 35.0 Å². The van der Waals surface area contributed by atoms with Gasteiger partial charge in [0.2, 0.25) is 6.10 Å². The fraction of sp³-hybridized carbons (Fsp3) is 0.278. The van der Waals surface area contributed by atoms with Crippen molar-refractivity contribution in [2.24, 2.45) is 0 Å². The molecule has 1 amide bonds. The predicted molar refractivity (Wildman–Crippen MR) is 98.5 cm³/mol. The zero-order valence-electron chi connectivity index (χ0n) is 13.8. The number of carbonyl (C=O) groups is 2. The summed E-state index contributed by atoms with van der Waals surface area (Å²) in [5, 5.41) is 1.88. The monoisotopic (exact) mass is 389 g/mol. The smallest absolute Gasteiger partial charge is 0.359 e. The Hall–Kier alpha value is -2.38. The maximum absolute atomic E-state index is 12.9. The Bertz CT molecular complexity index is 947. The van der Waals surface area contributed by atoms with Gasteiger partial charge in [-0.1, -0.05) is 41.9 Å². The number of likely N-dealkylation sites (tertiary alicyclic amines) is 1. The van der Waals surface area contributed by atoms with E-state index in [-0.39, 0.29) is 16.8 Å². The lowest BCUT2D eigenvalue weighted by Gasteiger charge is -2.23. The van der Waals surface area contributed by atoms with Crippen molar-refractivity contribution >= 4 is 39.8 Å². The molecule has 0 N–H and O–H groups in total. The third-order valence-electron chi connectivity index (χ3n) is 4.38. The molecule has 3 heterocycles. The van der Waals surface area contributed by atoms with E-state index in [4.69, 9.17) is 16.3 Å². The minimum Gasteiger partial charge on any atom is -0.443 e. The van der Waals surface area contributed by atoms with E-state index in [0.717, 1.165) is 12.8 Å².